The highest BCUT2D eigenvalue weighted by atomic mass is 79.9. The standard InChI is InChI=1S/C15H10BrNO3S/c16-11-5-3-10(4-6-11)15(18)19-9-12-8-13(20-17-12)14-2-1-7-21-14/h1-8H,9H2. The van der Waals surface area contributed by atoms with Gasteiger partial charge in [0.1, 0.15) is 12.3 Å². The molecule has 106 valence electrons. The normalized spacial score (nSPS) is 10.5. The van der Waals surface area contributed by atoms with Crippen LogP contribution in [0.15, 0.2) is 56.8 Å². The van der Waals surface area contributed by atoms with Crippen molar-refractivity contribution in [1.29, 1.82) is 0 Å². The predicted octanol–water partition coefficient (Wildman–Crippen LogP) is 4.52. The largest absolute Gasteiger partial charge is 0.455 e. The van der Waals surface area contributed by atoms with Crippen LogP contribution in [0.1, 0.15) is 16.1 Å². The number of benzene rings is 1. The molecule has 0 fully saturated rings. The van der Waals surface area contributed by atoms with Crippen LogP contribution in [0.3, 0.4) is 0 Å². The second-order valence-electron chi connectivity index (χ2n) is 4.24. The van der Waals surface area contributed by atoms with Crippen molar-refractivity contribution in [3.63, 3.8) is 0 Å². The number of thiophene rings is 1. The second kappa shape index (κ2) is 6.24. The van der Waals surface area contributed by atoms with Crippen molar-refractivity contribution in [3.8, 4) is 10.6 Å². The Hall–Kier alpha value is -1.92. The van der Waals surface area contributed by atoms with Crippen LogP contribution in [-0.2, 0) is 11.3 Å². The Balaban J connectivity index is 1.62. The summed E-state index contributed by atoms with van der Waals surface area (Å²) in [6, 6.07) is 12.7. The van der Waals surface area contributed by atoms with Crippen molar-refractivity contribution in [2.45, 2.75) is 6.61 Å². The van der Waals surface area contributed by atoms with Crippen LogP contribution in [0.5, 0.6) is 0 Å². The van der Waals surface area contributed by atoms with E-state index in [2.05, 4.69) is 21.1 Å². The zero-order valence-electron chi connectivity index (χ0n) is 10.8. The fourth-order valence-electron chi connectivity index (χ4n) is 1.72. The molecule has 0 aliphatic rings. The van der Waals surface area contributed by atoms with Gasteiger partial charge in [-0.15, -0.1) is 11.3 Å². The van der Waals surface area contributed by atoms with Gasteiger partial charge in [0.15, 0.2) is 5.76 Å². The molecule has 0 amide bonds. The van der Waals surface area contributed by atoms with Crippen molar-refractivity contribution >= 4 is 33.2 Å². The van der Waals surface area contributed by atoms with E-state index < -0.39 is 0 Å². The molecular formula is C15H10BrNO3S. The molecule has 0 atom stereocenters. The van der Waals surface area contributed by atoms with Crippen LogP contribution < -0.4 is 0 Å². The number of carbonyl (C=O) groups excluding carboxylic acids is 1. The van der Waals surface area contributed by atoms with E-state index in [-0.39, 0.29) is 12.6 Å². The molecule has 0 saturated carbocycles. The average Bonchev–Trinajstić information content (AvgIpc) is 3.16. The van der Waals surface area contributed by atoms with E-state index in [1.165, 1.54) is 0 Å². The Morgan fingerprint density at radius 3 is 2.81 bits per heavy atom. The van der Waals surface area contributed by atoms with Gasteiger partial charge in [-0.2, -0.15) is 0 Å². The minimum Gasteiger partial charge on any atom is -0.455 e. The summed E-state index contributed by atoms with van der Waals surface area (Å²) in [4.78, 5) is 12.9. The maximum atomic E-state index is 11.9. The maximum absolute atomic E-state index is 11.9. The third-order valence-electron chi connectivity index (χ3n) is 2.75. The molecule has 4 nitrogen and oxygen atoms in total. The molecule has 2 aromatic heterocycles. The topological polar surface area (TPSA) is 52.3 Å². The van der Waals surface area contributed by atoms with Crippen molar-refractivity contribution < 1.29 is 14.1 Å². The Kier molecular flexibility index (Phi) is 4.17. The molecule has 0 unspecified atom stereocenters. The summed E-state index contributed by atoms with van der Waals surface area (Å²) in [6.45, 7) is 0.0871. The number of rotatable bonds is 4. The number of carbonyl (C=O) groups is 1. The monoisotopic (exact) mass is 363 g/mol. The lowest BCUT2D eigenvalue weighted by Crippen LogP contribution is -2.05. The number of hydrogen-bond acceptors (Lipinski definition) is 5. The first-order valence-electron chi connectivity index (χ1n) is 6.14. The molecule has 2 heterocycles. The Morgan fingerprint density at radius 1 is 1.29 bits per heavy atom. The fourth-order valence-corrected chi connectivity index (χ4v) is 2.66. The summed E-state index contributed by atoms with van der Waals surface area (Å²) < 4.78 is 11.4. The van der Waals surface area contributed by atoms with Crippen LogP contribution in [-0.4, -0.2) is 11.1 Å². The molecular weight excluding hydrogens is 354 g/mol. The number of nitrogens with zero attached hydrogens (tertiary/aromatic N) is 1. The van der Waals surface area contributed by atoms with Gasteiger partial charge in [-0.25, -0.2) is 4.79 Å². The van der Waals surface area contributed by atoms with Crippen LogP contribution in [0.2, 0.25) is 0 Å². The van der Waals surface area contributed by atoms with Gasteiger partial charge in [-0.3, -0.25) is 0 Å². The molecule has 0 N–H and O–H groups in total. The number of ether oxygens (including phenoxy) is 1. The summed E-state index contributed by atoms with van der Waals surface area (Å²) in [5, 5.41) is 5.86. The Bertz CT molecular complexity index is 735. The molecule has 0 radical (unpaired) electrons. The second-order valence-corrected chi connectivity index (χ2v) is 6.11. The molecule has 0 spiro atoms. The molecule has 0 saturated heterocycles. The highest BCUT2D eigenvalue weighted by Gasteiger charge is 2.11. The minimum atomic E-state index is -0.386. The molecule has 0 aliphatic heterocycles. The fraction of sp³-hybridized carbons (Fsp3) is 0.0667. The first kappa shape index (κ1) is 14.0. The number of aromatic nitrogens is 1. The van der Waals surface area contributed by atoms with E-state index in [0.29, 0.717) is 17.0 Å². The zero-order chi connectivity index (χ0) is 14.7. The molecule has 1 aromatic carbocycles. The summed E-state index contributed by atoms with van der Waals surface area (Å²) in [5.74, 6) is 0.294. The lowest BCUT2D eigenvalue weighted by molar-refractivity contribution is 0.0464. The summed E-state index contributed by atoms with van der Waals surface area (Å²) in [5.41, 5.74) is 1.09. The lowest BCUT2D eigenvalue weighted by Gasteiger charge is -2.02. The Labute approximate surface area is 133 Å². The average molecular weight is 364 g/mol. The highest BCUT2D eigenvalue weighted by Crippen LogP contribution is 2.25. The summed E-state index contributed by atoms with van der Waals surface area (Å²) in [7, 11) is 0. The van der Waals surface area contributed by atoms with E-state index in [4.69, 9.17) is 9.26 Å². The van der Waals surface area contributed by atoms with Gasteiger partial charge in [0.2, 0.25) is 0 Å². The van der Waals surface area contributed by atoms with E-state index in [0.717, 1.165) is 9.35 Å². The molecule has 0 bridgehead atoms. The molecule has 3 rings (SSSR count). The van der Waals surface area contributed by atoms with Gasteiger partial charge in [0, 0.05) is 10.5 Å². The molecule has 3 aromatic rings. The third-order valence-corrected chi connectivity index (χ3v) is 4.17. The van der Waals surface area contributed by atoms with Crippen LogP contribution in [0, 0.1) is 0 Å². The van der Waals surface area contributed by atoms with Crippen LogP contribution >= 0.6 is 27.3 Å². The quantitative estimate of drug-likeness (QED) is 0.639. The van der Waals surface area contributed by atoms with Crippen LogP contribution in [0.25, 0.3) is 10.6 Å². The number of halogens is 1. The minimum absolute atomic E-state index is 0.0871. The van der Waals surface area contributed by atoms with Gasteiger partial charge in [-0.1, -0.05) is 27.2 Å². The third kappa shape index (κ3) is 3.40. The van der Waals surface area contributed by atoms with Gasteiger partial charge in [0.05, 0.1) is 10.4 Å². The maximum Gasteiger partial charge on any atom is 0.338 e. The molecule has 6 heteroatoms. The van der Waals surface area contributed by atoms with Gasteiger partial charge in [0.25, 0.3) is 0 Å². The first-order valence-corrected chi connectivity index (χ1v) is 7.82. The van der Waals surface area contributed by atoms with Crippen molar-refractivity contribution in [2.24, 2.45) is 0 Å². The molecule has 21 heavy (non-hydrogen) atoms. The number of hydrogen-bond donors (Lipinski definition) is 0. The van der Waals surface area contributed by atoms with Crippen molar-refractivity contribution in [2.75, 3.05) is 0 Å². The van der Waals surface area contributed by atoms with E-state index in [1.54, 1.807) is 41.7 Å². The van der Waals surface area contributed by atoms with E-state index in [1.807, 2.05) is 17.5 Å². The number of esters is 1. The van der Waals surface area contributed by atoms with E-state index >= 15 is 0 Å². The Morgan fingerprint density at radius 2 is 2.10 bits per heavy atom. The van der Waals surface area contributed by atoms with Crippen molar-refractivity contribution in [3.05, 3.63) is 63.6 Å². The summed E-state index contributed by atoms with van der Waals surface area (Å²) >= 11 is 4.88. The van der Waals surface area contributed by atoms with Gasteiger partial charge < -0.3 is 9.26 Å². The summed E-state index contributed by atoms with van der Waals surface area (Å²) in [6.07, 6.45) is 0. The SMILES string of the molecule is O=C(OCc1cc(-c2cccs2)on1)c1ccc(Br)cc1. The molecule has 0 aliphatic carbocycles. The predicted molar refractivity (Wildman–Crippen MR) is 83.1 cm³/mol. The lowest BCUT2D eigenvalue weighted by atomic mass is 10.2. The van der Waals surface area contributed by atoms with E-state index in [9.17, 15) is 4.79 Å². The zero-order valence-corrected chi connectivity index (χ0v) is 13.2. The van der Waals surface area contributed by atoms with Gasteiger partial charge in [-0.05, 0) is 35.7 Å². The van der Waals surface area contributed by atoms with Crippen LogP contribution in [0.4, 0.5) is 0 Å². The van der Waals surface area contributed by atoms with Gasteiger partial charge >= 0.3 is 5.97 Å². The smallest absolute Gasteiger partial charge is 0.338 e. The van der Waals surface area contributed by atoms with Crippen molar-refractivity contribution in [1.82, 2.24) is 5.16 Å². The highest BCUT2D eigenvalue weighted by molar-refractivity contribution is 9.10. The first-order chi connectivity index (χ1) is 10.2.